The molecule has 0 radical (unpaired) electrons. The molecule has 0 spiro atoms. The smallest absolute Gasteiger partial charge is 0.408 e. The van der Waals surface area contributed by atoms with E-state index in [0.717, 1.165) is 4.47 Å². The first kappa shape index (κ1) is 18.8. The number of carbonyl (C=O) groups is 2. The van der Waals surface area contributed by atoms with Crippen LogP contribution in [0.15, 0.2) is 22.7 Å². The van der Waals surface area contributed by atoms with Crippen LogP contribution in [0.2, 0.25) is 5.02 Å². The molecule has 0 fully saturated rings. The first-order valence-corrected chi connectivity index (χ1v) is 7.85. The van der Waals surface area contributed by atoms with Gasteiger partial charge in [-0.15, -0.1) is 0 Å². The van der Waals surface area contributed by atoms with Crippen LogP contribution in [-0.4, -0.2) is 28.8 Å². The van der Waals surface area contributed by atoms with Gasteiger partial charge in [0.25, 0.3) is 0 Å². The summed E-state index contributed by atoms with van der Waals surface area (Å²) in [5.41, 5.74) is -0.0800. The number of carboxylic acid groups (broad SMARTS) is 1. The fourth-order valence-corrected chi connectivity index (χ4v) is 2.55. The summed E-state index contributed by atoms with van der Waals surface area (Å²) in [6.07, 6.45) is -0.780. The number of rotatable bonds is 4. The molecule has 122 valence electrons. The van der Waals surface area contributed by atoms with E-state index in [2.05, 4.69) is 21.2 Å². The van der Waals surface area contributed by atoms with Crippen LogP contribution < -0.4 is 5.32 Å². The zero-order chi connectivity index (χ0) is 17.1. The van der Waals surface area contributed by atoms with E-state index >= 15 is 0 Å². The number of alkyl carbamates (subject to hydrolysis) is 1. The van der Waals surface area contributed by atoms with Crippen LogP contribution in [0.4, 0.5) is 4.79 Å². The number of hydrogen-bond donors (Lipinski definition) is 2. The van der Waals surface area contributed by atoms with Crippen molar-refractivity contribution in [3.63, 3.8) is 0 Å². The van der Waals surface area contributed by atoms with Crippen LogP contribution >= 0.6 is 27.5 Å². The Kier molecular flexibility index (Phi) is 6.26. The van der Waals surface area contributed by atoms with E-state index in [1.54, 1.807) is 45.9 Å². The third-order valence-corrected chi connectivity index (χ3v) is 3.72. The van der Waals surface area contributed by atoms with Gasteiger partial charge in [-0.05, 0) is 44.5 Å². The number of hydrogen-bond acceptors (Lipinski definition) is 3. The Balaban J connectivity index is 2.98. The average molecular weight is 393 g/mol. The Morgan fingerprint density at radius 3 is 2.45 bits per heavy atom. The van der Waals surface area contributed by atoms with E-state index in [1.165, 1.54) is 0 Å². The van der Waals surface area contributed by atoms with Crippen molar-refractivity contribution in [2.45, 2.75) is 45.3 Å². The van der Waals surface area contributed by atoms with Crippen molar-refractivity contribution < 1.29 is 19.4 Å². The van der Waals surface area contributed by atoms with E-state index in [9.17, 15) is 14.7 Å². The normalized spacial score (nSPS) is 14.1. The minimum absolute atomic E-state index is 0.438. The number of aliphatic carboxylic acids is 1. The van der Waals surface area contributed by atoms with Crippen LogP contribution in [0, 0.1) is 0 Å². The molecule has 0 aliphatic heterocycles. The van der Waals surface area contributed by atoms with Crippen LogP contribution in [-0.2, 0) is 9.53 Å². The molecule has 0 saturated heterocycles. The Bertz CT molecular complexity index is 571. The van der Waals surface area contributed by atoms with Crippen molar-refractivity contribution in [1.29, 1.82) is 0 Å². The van der Waals surface area contributed by atoms with Crippen molar-refractivity contribution in [3.05, 3.63) is 33.3 Å². The van der Waals surface area contributed by atoms with Gasteiger partial charge >= 0.3 is 12.1 Å². The van der Waals surface area contributed by atoms with Gasteiger partial charge in [-0.25, -0.2) is 9.59 Å². The molecule has 1 aromatic carbocycles. The first-order valence-electron chi connectivity index (χ1n) is 6.68. The topological polar surface area (TPSA) is 75.6 Å². The van der Waals surface area contributed by atoms with Crippen molar-refractivity contribution >= 4 is 39.6 Å². The number of benzene rings is 1. The lowest BCUT2D eigenvalue weighted by Crippen LogP contribution is -2.46. The summed E-state index contributed by atoms with van der Waals surface area (Å²) in [6.45, 7) is 6.80. The van der Waals surface area contributed by atoms with Crippen LogP contribution in [0.25, 0.3) is 0 Å². The van der Waals surface area contributed by atoms with E-state index < -0.39 is 29.6 Å². The second kappa shape index (κ2) is 7.33. The molecule has 0 bridgehead atoms. The van der Waals surface area contributed by atoms with Crippen molar-refractivity contribution in [2.75, 3.05) is 0 Å². The average Bonchev–Trinajstić information content (AvgIpc) is 2.35. The van der Waals surface area contributed by atoms with Gasteiger partial charge in [0.2, 0.25) is 0 Å². The van der Waals surface area contributed by atoms with Crippen molar-refractivity contribution in [1.82, 2.24) is 5.32 Å². The number of ether oxygens (including phenoxy) is 1. The maximum absolute atomic E-state index is 11.8. The van der Waals surface area contributed by atoms with Crippen molar-refractivity contribution in [2.24, 2.45) is 0 Å². The van der Waals surface area contributed by atoms with Gasteiger partial charge in [0.05, 0.1) is 0 Å². The molecule has 1 aromatic rings. The Morgan fingerprint density at radius 1 is 1.36 bits per heavy atom. The summed E-state index contributed by atoms with van der Waals surface area (Å²) >= 11 is 9.45. The van der Waals surface area contributed by atoms with Crippen LogP contribution in [0.5, 0.6) is 0 Å². The molecule has 5 nitrogen and oxygen atoms in total. The van der Waals surface area contributed by atoms with Gasteiger partial charge in [-0.3, -0.25) is 0 Å². The lowest BCUT2D eigenvalue weighted by molar-refractivity contribution is -0.140. The second-order valence-electron chi connectivity index (χ2n) is 5.92. The molecule has 22 heavy (non-hydrogen) atoms. The standard InChI is InChI=1S/C15H19BrClNO4/c1-8(10-7-9(16)5-6-11(10)17)12(13(19)20)18-14(21)22-15(2,3)4/h5-8,12H,1-4H3,(H,18,21)(H,19,20)/t8?,12-/m0/s1. The van der Waals surface area contributed by atoms with Gasteiger partial charge in [-0.1, -0.05) is 34.5 Å². The molecule has 2 N–H and O–H groups in total. The predicted octanol–water partition coefficient (Wildman–Crippen LogP) is 4.18. The predicted molar refractivity (Wildman–Crippen MR) is 88.4 cm³/mol. The third-order valence-electron chi connectivity index (χ3n) is 2.89. The Labute approximate surface area is 143 Å². The van der Waals surface area contributed by atoms with Crippen molar-refractivity contribution in [3.8, 4) is 0 Å². The summed E-state index contributed by atoms with van der Waals surface area (Å²) in [7, 11) is 0. The fourth-order valence-electron chi connectivity index (χ4n) is 1.88. The highest BCUT2D eigenvalue weighted by molar-refractivity contribution is 9.10. The number of halogens is 2. The van der Waals surface area contributed by atoms with E-state index in [4.69, 9.17) is 16.3 Å². The summed E-state index contributed by atoms with van der Waals surface area (Å²) in [5, 5.41) is 12.2. The van der Waals surface area contributed by atoms with E-state index in [1.807, 2.05) is 0 Å². The Morgan fingerprint density at radius 2 is 1.95 bits per heavy atom. The van der Waals surface area contributed by atoms with Gasteiger partial charge in [0.1, 0.15) is 11.6 Å². The molecule has 7 heteroatoms. The molecule has 0 aliphatic carbocycles. The molecule has 1 unspecified atom stereocenters. The lowest BCUT2D eigenvalue weighted by atomic mass is 9.93. The SMILES string of the molecule is CC(c1cc(Br)ccc1Cl)[C@H](NC(=O)OC(C)(C)C)C(=O)O. The highest BCUT2D eigenvalue weighted by Gasteiger charge is 2.30. The number of nitrogens with one attached hydrogen (secondary N) is 1. The molecule has 0 aromatic heterocycles. The summed E-state index contributed by atoms with van der Waals surface area (Å²) in [6, 6.07) is 4.01. The zero-order valence-electron chi connectivity index (χ0n) is 12.8. The van der Waals surface area contributed by atoms with E-state index in [-0.39, 0.29) is 0 Å². The quantitative estimate of drug-likeness (QED) is 0.806. The number of carboxylic acids is 1. The van der Waals surface area contributed by atoms with Gasteiger partial charge in [0, 0.05) is 15.4 Å². The third kappa shape index (κ3) is 5.50. The molecule has 1 amide bonds. The minimum atomic E-state index is -1.16. The maximum atomic E-state index is 11.8. The van der Waals surface area contributed by atoms with Crippen LogP contribution in [0.3, 0.4) is 0 Å². The zero-order valence-corrected chi connectivity index (χ0v) is 15.2. The maximum Gasteiger partial charge on any atom is 0.408 e. The highest BCUT2D eigenvalue weighted by atomic mass is 79.9. The van der Waals surface area contributed by atoms with Gasteiger partial charge < -0.3 is 15.2 Å². The molecule has 2 atom stereocenters. The lowest BCUT2D eigenvalue weighted by Gasteiger charge is -2.25. The first-order chi connectivity index (χ1) is 10.0. The Hall–Kier alpha value is -1.27. The second-order valence-corrected chi connectivity index (χ2v) is 7.24. The molecule has 0 heterocycles. The molecule has 1 rings (SSSR count). The minimum Gasteiger partial charge on any atom is -0.480 e. The monoisotopic (exact) mass is 391 g/mol. The summed E-state index contributed by atoms with van der Waals surface area (Å²) in [5.74, 6) is -1.69. The molecule has 0 saturated carbocycles. The molecule has 0 aliphatic rings. The summed E-state index contributed by atoms with van der Waals surface area (Å²) < 4.78 is 5.88. The number of carbonyl (C=O) groups excluding carboxylic acids is 1. The molecular weight excluding hydrogens is 374 g/mol. The highest BCUT2D eigenvalue weighted by Crippen LogP contribution is 2.30. The van der Waals surface area contributed by atoms with Gasteiger partial charge in [-0.2, -0.15) is 0 Å². The molecular formula is C15H19BrClNO4. The van der Waals surface area contributed by atoms with Gasteiger partial charge in [0.15, 0.2) is 0 Å². The number of amides is 1. The largest absolute Gasteiger partial charge is 0.480 e. The fraction of sp³-hybridized carbons (Fsp3) is 0.467. The van der Waals surface area contributed by atoms with E-state index in [0.29, 0.717) is 10.6 Å². The summed E-state index contributed by atoms with van der Waals surface area (Å²) in [4.78, 5) is 23.3. The van der Waals surface area contributed by atoms with Crippen LogP contribution in [0.1, 0.15) is 39.2 Å².